The van der Waals surface area contributed by atoms with Crippen molar-refractivity contribution in [2.75, 3.05) is 0 Å². The Kier molecular flexibility index (Phi) is 4.87. The largest absolute Gasteiger partial charge is 0.391 e. The van der Waals surface area contributed by atoms with Gasteiger partial charge in [-0.2, -0.15) is 12.6 Å². The van der Waals surface area contributed by atoms with E-state index in [-0.39, 0.29) is 0 Å². The van der Waals surface area contributed by atoms with E-state index < -0.39 is 23.4 Å². The highest BCUT2D eigenvalue weighted by Gasteiger charge is 2.18. The molecule has 0 aliphatic rings. The number of nitrogens with one attached hydrogen (secondary N) is 1. The molecule has 0 aliphatic carbocycles. The molecule has 0 rings (SSSR count). The summed E-state index contributed by atoms with van der Waals surface area (Å²) in [7, 11) is 0. The van der Waals surface area contributed by atoms with Gasteiger partial charge in [-0.1, -0.05) is 0 Å². The lowest BCUT2D eigenvalue weighted by molar-refractivity contribution is -0.125. The number of aliphatic hydroxyl groups excluding tert-OH is 1. The molecule has 1 unspecified atom stereocenters. The highest BCUT2D eigenvalue weighted by atomic mass is 32.1. The van der Waals surface area contributed by atoms with Gasteiger partial charge in [0.1, 0.15) is 17.7 Å². The highest BCUT2D eigenvalue weighted by Crippen LogP contribution is 1.91. The maximum absolute atomic E-state index is 10.8. The van der Waals surface area contributed by atoms with E-state index in [9.17, 15) is 9.59 Å². The lowest BCUT2D eigenvalue weighted by Crippen LogP contribution is -2.48. The number of rotatable bonds is 4. The molecule has 0 heterocycles. The maximum Gasteiger partial charge on any atom is 0.247 e. The third-order valence-electron chi connectivity index (χ3n) is 1.24. The first-order valence-electron chi connectivity index (χ1n) is 3.36. The van der Waals surface area contributed by atoms with Gasteiger partial charge in [-0.3, -0.25) is 4.79 Å². The number of carbonyl (C=O) groups excluding carboxylic acids is 2. The van der Waals surface area contributed by atoms with Crippen LogP contribution in [0.1, 0.15) is 6.92 Å². The molecule has 0 bridgehead atoms. The topological polar surface area (TPSA) is 92.4 Å². The predicted octanol–water partition coefficient (Wildman–Crippen LogP) is -1.73. The molecule has 12 heavy (non-hydrogen) atoms. The second-order valence-corrected chi connectivity index (χ2v) is 2.91. The van der Waals surface area contributed by atoms with Crippen LogP contribution in [0.25, 0.3) is 0 Å². The van der Waals surface area contributed by atoms with Gasteiger partial charge in [-0.25, -0.2) is 0 Å². The number of thiol groups is 1. The minimum Gasteiger partial charge on any atom is -0.391 e. The standard InChI is InChI=1S/C6H12N2O3S/c1-3(10)4(2-9)8-6(11)5(7)12/h2-5,10,12H,7H2,1H3,(H,8,11)/t3?,4-,5+/m1/s1. The molecule has 70 valence electrons. The van der Waals surface area contributed by atoms with Gasteiger partial charge in [0.25, 0.3) is 0 Å². The SMILES string of the molecule is CC(O)[C@@H](C=O)NC(=O)[C@@H](N)S. The number of amides is 1. The average molecular weight is 192 g/mol. The summed E-state index contributed by atoms with van der Waals surface area (Å²) < 4.78 is 0. The van der Waals surface area contributed by atoms with Crippen LogP contribution in [0.4, 0.5) is 0 Å². The molecule has 0 aliphatic heterocycles. The van der Waals surface area contributed by atoms with Crippen LogP contribution in [0.2, 0.25) is 0 Å². The van der Waals surface area contributed by atoms with Crippen LogP contribution in [0.5, 0.6) is 0 Å². The molecule has 0 radical (unpaired) electrons. The van der Waals surface area contributed by atoms with Crippen molar-refractivity contribution in [1.82, 2.24) is 5.32 Å². The molecule has 0 spiro atoms. The van der Waals surface area contributed by atoms with Crippen LogP contribution in [0.15, 0.2) is 0 Å². The third-order valence-corrected chi connectivity index (χ3v) is 1.48. The molecule has 5 nitrogen and oxygen atoms in total. The summed E-state index contributed by atoms with van der Waals surface area (Å²) in [4.78, 5) is 21.1. The zero-order chi connectivity index (χ0) is 9.72. The summed E-state index contributed by atoms with van der Waals surface area (Å²) in [6, 6.07) is -0.921. The molecule has 0 saturated carbocycles. The van der Waals surface area contributed by atoms with Crippen LogP contribution >= 0.6 is 12.6 Å². The first-order chi connectivity index (χ1) is 5.49. The summed E-state index contributed by atoms with van der Waals surface area (Å²) in [6.45, 7) is 1.39. The molecule has 0 aromatic heterocycles. The van der Waals surface area contributed by atoms with E-state index in [2.05, 4.69) is 17.9 Å². The van der Waals surface area contributed by atoms with E-state index in [4.69, 9.17) is 10.8 Å². The fourth-order valence-corrected chi connectivity index (χ4v) is 0.593. The number of nitrogens with two attached hydrogens (primary N) is 1. The first kappa shape index (κ1) is 11.4. The van der Waals surface area contributed by atoms with Crippen molar-refractivity contribution in [2.45, 2.75) is 24.4 Å². The molecule has 1 amide bonds. The van der Waals surface area contributed by atoms with Crippen LogP contribution in [0.3, 0.4) is 0 Å². The fraction of sp³-hybridized carbons (Fsp3) is 0.667. The zero-order valence-electron chi connectivity index (χ0n) is 6.60. The summed E-state index contributed by atoms with van der Waals surface area (Å²) in [5.74, 6) is -0.587. The molecule has 0 aromatic rings. The number of aliphatic hydroxyl groups is 1. The van der Waals surface area contributed by atoms with E-state index in [0.29, 0.717) is 6.29 Å². The van der Waals surface area contributed by atoms with Gasteiger partial charge in [0, 0.05) is 0 Å². The van der Waals surface area contributed by atoms with Gasteiger partial charge in [0.15, 0.2) is 0 Å². The Balaban J connectivity index is 4.03. The second kappa shape index (κ2) is 5.13. The van der Waals surface area contributed by atoms with E-state index in [1.54, 1.807) is 0 Å². The normalized spacial score (nSPS) is 17.7. The fourth-order valence-electron chi connectivity index (χ4n) is 0.518. The van der Waals surface area contributed by atoms with Gasteiger partial charge >= 0.3 is 0 Å². The molecular weight excluding hydrogens is 180 g/mol. The molecule has 4 N–H and O–H groups in total. The third kappa shape index (κ3) is 3.70. The van der Waals surface area contributed by atoms with E-state index >= 15 is 0 Å². The van der Waals surface area contributed by atoms with Gasteiger partial charge < -0.3 is 21.0 Å². The number of aldehydes is 1. The number of hydrogen-bond donors (Lipinski definition) is 4. The van der Waals surface area contributed by atoms with E-state index in [1.165, 1.54) is 6.92 Å². The van der Waals surface area contributed by atoms with Crippen LogP contribution < -0.4 is 11.1 Å². The van der Waals surface area contributed by atoms with Gasteiger partial charge in [-0.15, -0.1) is 0 Å². The van der Waals surface area contributed by atoms with Gasteiger partial charge in [0.05, 0.1) is 6.10 Å². The minimum atomic E-state index is -0.980. The van der Waals surface area contributed by atoms with Gasteiger partial charge in [0.2, 0.25) is 5.91 Å². The lowest BCUT2D eigenvalue weighted by Gasteiger charge is -2.16. The van der Waals surface area contributed by atoms with Gasteiger partial charge in [-0.05, 0) is 6.92 Å². The Bertz CT molecular complexity index is 172. The second-order valence-electron chi connectivity index (χ2n) is 2.36. The van der Waals surface area contributed by atoms with E-state index in [0.717, 1.165) is 0 Å². The number of carbonyl (C=O) groups is 2. The molecule has 0 saturated heterocycles. The van der Waals surface area contributed by atoms with Crippen molar-refractivity contribution in [3.8, 4) is 0 Å². The van der Waals surface area contributed by atoms with Crippen molar-refractivity contribution >= 4 is 24.8 Å². The Morgan fingerprint density at radius 2 is 2.25 bits per heavy atom. The Labute approximate surface area is 75.7 Å². The first-order valence-corrected chi connectivity index (χ1v) is 3.88. The molecule has 0 fully saturated rings. The highest BCUT2D eigenvalue weighted by molar-refractivity contribution is 7.81. The summed E-state index contributed by atoms with van der Waals surface area (Å²) >= 11 is 3.64. The molecule has 3 atom stereocenters. The van der Waals surface area contributed by atoms with Crippen molar-refractivity contribution in [2.24, 2.45) is 5.73 Å². The predicted molar refractivity (Wildman–Crippen MR) is 46.6 cm³/mol. The Morgan fingerprint density at radius 3 is 2.50 bits per heavy atom. The van der Waals surface area contributed by atoms with Crippen LogP contribution in [0, 0.1) is 0 Å². The lowest BCUT2D eigenvalue weighted by atomic mass is 10.2. The smallest absolute Gasteiger partial charge is 0.247 e. The summed E-state index contributed by atoms with van der Waals surface area (Å²) in [6.07, 6.45) is -0.489. The zero-order valence-corrected chi connectivity index (χ0v) is 7.49. The quantitative estimate of drug-likeness (QED) is 0.242. The van der Waals surface area contributed by atoms with Crippen molar-refractivity contribution < 1.29 is 14.7 Å². The van der Waals surface area contributed by atoms with Crippen molar-refractivity contribution in [3.05, 3.63) is 0 Å². The maximum atomic E-state index is 10.8. The summed E-state index contributed by atoms with van der Waals surface area (Å²) in [5.41, 5.74) is 5.09. The average Bonchev–Trinajstić information content (AvgIpc) is 1.98. The number of hydrogen-bond acceptors (Lipinski definition) is 5. The Hall–Kier alpha value is -0.590. The minimum absolute atomic E-state index is 0.443. The van der Waals surface area contributed by atoms with Crippen LogP contribution in [-0.2, 0) is 9.59 Å². The molecule has 0 aromatic carbocycles. The van der Waals surface area contributed by atoms with Crippen molar-refractivity contribution in [3.63, 3.8) is 0 Å². The molecule has 6 heteroatoms. The van der Waals surface area contributed by atoms with E-state index in [1.807, 2.05) is 0 Å². The van der Waals surface area contributed by atoms with Crippen LogP contribution in [-0.4, -0.2) is 34.8 Å². The monoisotopic (exact) mass is 192 g/mol. The Morgan fingerprint density at radius 1 is 1.75 bits per heavy atom. The van der Waals surface area contributed by atoms with Crippen molar-refractivity contribution in [1.29, 1.82) is 0 Å². The molecular formula is C6H12N2O3S. The summed E-state index contributed by atoms with van der Waals surface area (Å²) in [5, 5.41) is 10.2.